The molecule has 2 N–H and O–H groups in total. The molecule has 10 heavy (non-hydrogen) atoms. The lowest BCUT2D eigenvalue weighted by Crippen LogP contribution is -2.28. The van der Waals surface area contributed by atoms with Gasteiger partial charge in [0.1, 0.15) is 6.10 Å². The van der Waals surface area contributed by atoms with E-state index in [9.17, 15) is 0 Å². The van der Waals surface area contributed by atoms with Crippen molar-refractivity contribution in [2.45, 2.75) is 19.0 Å². The quantitative estimate of drug-likeness (QED) is 0.541. The summed E-state index contributed by atoms with van der Waals surface area (Å²) in [5, 5.41) is 9.12. The Hall–Kier alpha value is 0.570. The van der Waals surface area contributed by atoms with Crippen LogP contribution in [0.4, 0.5) is 0 Å². The first-order chi connectivity index (χ1) is 4.64. The molecule has 5 heteroatoms. The van der Waals surface area contributed by atoms with Crippen LogP contribution in [0.1, 0.15) is 6.92 Å². The van der Waals surface area contributed by atoms with Crippen molar-refractivity contribution < 1.29 is 14.6 Å². The first-order valence-corrected chi connectivity index (χ1v) is 4.09. The molecular formula is C5H10INO3. The lowest BCUT2D eigenvalue weighted by Gasteiger charge is -2.14. The van der Waals surface area contributed by atoms with Gasteiger partial charge in [0.25, 0.3) is 5.97 Å². The molecule has 2 atom stereocenters. The van der Waals surface area contributed by atoms with Crippen LogP contribution in [-0.4, -0.2) is 30.3 Å². The zero-order chi connectivity index (χ0) is 7.61. The van der Waals surface area contributed by atoms with E-state index in [0.29, 0.717) is 13.2 Å². The Labute approximate surface area is 73.4 Å². The second-order valence-electron chi connectivity index (χ2n) is 2.29. The maximum absolute atomic E-state index is 9.12. The molecule has 60 valence electrons. The van der Waals surface area contributed by atoms with Crippen LogP contribution in [0.25, 0.3) is 0 Å². The van der Waals surface area contributed by atoms with E-state index in [1.165, 1.54) is 6.92 Å². The van der Waals surface area contributed by atoms with Gasteiger partial charge in [-0.1, -0.05) is 0 Å². The average molecular weight is 259 g/mol. The van der Waals surface area contributed by atoms with Crippen molar-refractivity contribution in [1.82, 2.24) is 3.53 Å². The highest BCUT2D eigenvalue weighted by Crippen LogP contribution is 2.19. The Balaban J connectivity index is 2.29. The van der Waals surface area contributed by atoms with Crippen LogP contribution in [0.2, 0.25) is 0 Å². The summed E-state index contributed by atoms with van der Waals surface area (Å²) in [7, 11) is 0. The topological polar surface area (TPSA) is 50.7 Å². The minimum absolute atomic E-state index is 0.0353. The fraction of sp³-hybridized carbons (Fsp3) is 1.00. The lowest BCUT2D eigenvalue weighted by molar-refractivity contribution is -0.297. The fourth-order valence-corrected chi connectivity index (χ4v) is 1.30. The highest BCUT2D eigenvalue weighted by molar-refractivity contribution is 14.1. The second-order valence-corrected chi connectivity index (χ2v) is 3.05. The fourth-order valence-electron chi connectivity index (χ4n) is 0.811. The molecule has 0 amide bonds. The molecule has 1 saturated heterocycles. The Morgan fingerprint density at radius 2 is 2.60 bits per heavy atom. The van der Waals surface area contributed by atoms with Gasteiger partial charge in [0.15, 0.2) is 0 Å². The number of nitrogens with one attached hydrogen (secondary N) is 1. The van der Waals surface area contributed by atoms with E-state index < -0.39 is 5.97 Å². The van der Waals surface area contributed by atoms with Crippen LogP contribution in [0.3, 0.4) is 0 Å². The molecule has 0 aromatic rings. The predicted octanol–water partition coefficient (Wildman–Crippen LogP) is 0.00740. The number of hydrogen-bond acceptors (Lipinski definition) is 4. The molecule has 0 bridgehead atoms. The third-order valence-corrected chi connectivity index (χ3v) is 1.67. The van der Waals surface area contributed by atoms with E-state index in [2.05, 4.69) is 3.53 Å². The molecule has 0 spiro atoms. The van der Waals surface area contributed by atoms with Gasteiger partial charge >= 0.3 is 0 Å². The molecule has 0 radical (unpaired) electrons. The van der Waals surface area contributed by atoms with Crippen molar-refractivity contribution in [3.8, 4) is 0 Å². The van der Waals surface area contributed by atoms with Gasteiger partial charge in [0.05, 0.1) is 6.61 Å². The van der Waals surface area contributed by atoms with Gasteiger partial charge in [-0.3, -0.25) is 3.53 Å². The highest BCUT2D eigenvalue weighted by atomic mass is 127. The molecule has 1 aliphatic heterocycles. The predicted molar refractivity (Wildman–Crippen MR) is 43.5 cm³/mol. The summed E-state index contributed by atoms with van der Waals surface area (Å²) in [6.45, 7) is 2.62. The van der Waals surface area contributed by atoms with Gasteiger partial charge in [-0.05, 0) is 0 Å². The van der Waals surface area contributed by atoms with E-state index in [-0.39, 0.29) is 6.10 Å². The van der Waals surface area contributed by atoms with E-state index in [1.807, 2.05) is 22.9 Å². The molecule has 1 heterocycles. The van der Waals surface area contributed by atoms with Crippen LogP contribution in [0.5, 0.6) is 0 Å². The van der Waals surface area contributed by atoms with E-state index in [0.717, 1.165) is 0 Å². The molecule has 0 aliphatic carbocycles. The van der Waals surface area contributed by atoms with Gasteiger partial charge in [-0.2, -0.15) is 0 Å². The average Bonchev–Trinajstić information content (AvgIpc) is 2.12. The minimum Gasteiger partial charge on any atom is -0.344 e. The van der Waals surface area contributed by atoms with Gasteiger partial charge in [-0.25, -0.2) is 0 Å². The van der Waals surface area contributed by atoms with Gasteiger partial charge in [-0.15, -0.1) is 0 Å². The smallest absolute Gasteiger partial charge is 0.277 e. The third kappa shape index (κ3) is 2.31. The van der Waals surface area contributed by atoms with Crippen LogP contribution in [-0.2, 0) is 9.47 Å². The van der Waals surface area contributed by atoms with Crippen LogP contribution in [0.15, 0.2) is 0 Å². The third-order valence-electron chi connectivity index (χ3n) is 1.23. The maximum Gasteiger partial charge on any atom is 0.277 e. The number of ether oxygens (including phenoxy) is 2. The van der Waals surface area contributed by atoms with E-state index in [4.69, 9.17) is 14.6 Å². The number of rotatable bonds is 2. The lowest BCUT2D eigenvalue weighted by atomic mass is 10.4. The molecular weight excluding hydrogens is 249 g/mol. The maximum atomic E-state index is 9.12. The second kappa shape index (κ2) is 3.31. The highest BCUT2D eigenvalue weighted by Gasteiger charge is 2.34. The zero-order valence-corrected chi connectivity index (χ0v) is 7.79. The number of halogens is 1. The normalized spacial score (nSPS) is 40.5. The van der Waals surface area contributed by atoms with Gasteiger partial charge in [0.2, 0.25) is 0 Å². The molecule has 1 aliphatic rings. The minimum atomic E-state index is -1.38. The molecule has 0 saturated carbocycles. The summed E-state index contributed by atoms with van der Waals surface area (Å²) in [6.07, 6.45) is -0.0353. The molecule has 0 aromatic heterocycles. The van der Waals surface area contributed by atoms with Crippen molar-refractivity contribution in [2.75, 3.05) is 13.2 Å². The summed E-state index contributed by atoms with van der Waals surface area (Å²) >= 11 is 2.02. The number of hydrogen-bond donors (Lipinski definition) is 2. The molecule has 2 unspecified atom stereocenters. The SMILES string of the molecule is CC1(O)OCC(CNI)O1. The summed E-state index contributed by atoms with van der Waals surface area (Å²) in [4.78, 5) is 0. The van der Waals surface area contributed by atoms with Crippen molar-refractivity contribution in [3.05, 3.63) is 0 Å². The Bertz CT molecular complexity index is 119. The standard InChI is InChI=1S/C5H10INO3/c1-5(8)9-3-4(10-5)2-7-6/h4,7-8H,2-3H2,1H3. The summed E-state index contributed by atoms with van der Waals surface area (Å²) in [6, 6.07) is 0. The zero-order valence-electron chi connectivity index (χ0n) is 5.63. The van der Waals surface area contributed by atoms with Gasteiger partial charge in [0, 0.05) is 36.3 Å². The van der Waals surface area contributed by atoms with Crippen molar-refractivity contribution in [2.24, 2.45) is 0 Å². The van der Waals surface area contributed by atoms with Crippen LogP contribution >= 0.6 is 22.9 Å². The van der Waals surface area contributed by atoms with Crippen LogP contribution in [0, 0.1) is 0 Å². The van der Waals surface area contributed by atoms with Crippen molar-refractivity contribution in [3.63, 3.8) is 0 Å². The van der Waals surface area contributed by atoms with Crippen molar-refractivity contribution in [1.29, 1.82) is 0 Å². The Kier molecular flexibility index (Phi) is 2.87. The first-order valence-electron chi connectivity index (χ1n) is 3.02. The summed E-state index contributed by atoms with van der Waals surface area (Å²) in [5.74, 6) is -1.38. The van der Waals surface area contributed by atoms with Crippen LogP contribution < -0.4 is 3.53 Å². The first kappa shape index (κ1) is 8.66. The largest absolute Gasteiger partial charge is 0.344 e. The number of aliphatic hydroxyl groups is 1. The van der Waals surface area contributed by atoms with E-state index in [1.54, 1.807) is 0 Å². The monoisotopic (exact) mass is 259 g/mol. The van der Waals surface area contributed by atoms with Gasteiger partial charge < -0.3 is 14.6 Å². The molecule has 1 rings (SSSR count). The summed E-state index contributed by atoms with van der Waals surface area (Å²) in [5.41, 5.74) is 0. The molecule has 4 nitrogen and oxygen atoms in total. The van der Waals surface area contributed by atoms with E-state index >= 15 is 0 Å². The molecule has 0 aromatic carbocycles. The summed E-state index contributed by atoms with van der Waals surface area (Å²) < 4.78 is 12.9. The Morgan fingerprint density at radius 3 is 3.00 bits per heavy atom. The molecule has 1 fully saturated rings. The Morgan fingerprint density at radius 1 is 1.90 bits per heavy atom. The van der Waals surface area contributed by atoms with Crippen molar-refractivity contribution >= 4 is 22.9 Å².